The summed E-state index contributed by atoms with van der Waals surface area (Å²) in [6.07, 6.45) is 0.660. The summed E-state index contributed by atoms with van der Waals surface area (Å²) in [7, 11) is 7.51. The molecule has 0 atom stereocenters. The number of carbonyl (C=O) groups excluding carboxylic acids is 2. The quantitative estimate of drug-likeness (QED) is 0.737. The molecule has 1 aliphatic heterocycles. The maximum absolute atomic E-state index is 12.7. The van der Waals surface area contributed by atoms with Crippen molar-refractivity contribution >= 4 is 28.8 Å². The van der Waals surface area contributed by atoms with Gasteiger partial charge in [-0.1, -0.05) is 19.1 Å². The summed E-state index contributed by atoms with van der Waals surface area (Å²) in [6, 6.07) is 13.5. The molecule has 0 saturated heterocycles. The zero-order chi connectivity index (χ0) is 21.1. The standard InChI is InChI=1S/C23H28N4O2/c1-6-19(24-17-10-7-15(8-11-17)14-26(2)3)21-18-13-16(23(29)27(4)5)9-12-20(18)25-22(21)28/h7-13,24H,6,14H2,1-5H3,(H,25,28)/b21-19-. The fraction of sp³-hybridized carbons (Fsp3) is 0.304. The second-order valence-corrected chi connectivity index (χ2v) is 7.68. The predicted octanol–water partition coefficient (Wildman–Crippen LogP) is 3.64. The number of benzene rings is 2. The Labute approximate surface area is 172 Å². The number of amides is 2. The van der Waals surface area contributed by atoms with Gasteiger partial charge < -0.3 is 20.4 Å². The molecule has 29 heavy (non-hydrogen) atoms. The Balaban J connectivity index is 1.95. The number of fused-ring (bicyclic) bond motifs is 1. The van der Waals surface area contributed by atoms with E-state index in [1.165, 1.54) is 10.5 Å². The lowest BCUT2D eigenvalue weighted by Crippen LogP contribution is -2.21. The molecule has 0 aromatic heterocycles. The normalized spacial score (nSPS) is 14.5. The molecule has 0 saturated carbocycles. The molecule has 0 aliphatic carbocycles. The number of carbonyl (C=O) groups is 2. The van der Waals surface area contributed by atoms with Crippen LogP contribution >= 0.6 is 0 Å². The van der Waals surface area contributed by atoms with Gasteiger partial charge in [-0.2, -0.15) is 0 Å². The van der Waals surface area contributed by atoms with Gasteiger partial charge in [0, 0.05) is 48.8 Å². The van der Waals surface area contributed by atoms with Crippen molar-refractivity contribution in [3.63, 3.8) is 0 Å². The van der Waals surface area contributed by atoms with Crippen molar-refractivity contribution < 1.29 is 9.59 Å². The van der Waals surface area contributed by atoms with Crippen molar-refractivity contribution in [1.29, 1.82) is 0 Å². The van der Waals surface area contributed by atoms with E-state index < -0.39 is 0 Å². The molecule has 1 aliphatic rings. The molecule has 6 nitrogen and oxygen atoms in total. The number of anilines is 2. The molecule has 1 heterocycles. The van der Waals surface area contributed by atoms with Crippen LogP contribution in [0.2, 0.25) is 0 Å². The zero-order valence-corrected chi connectivity index (χ0v) is 17.7. The first-order valence-corrected chi connectivity index (χ1v) is 9.71. The third-order valence-electron chi connectivity index (χ3n) is 4.82. The smallest absolute Gasteiger partial charge is 0.258 e. The van der Waals surface area contributed by atoms with E-state index in [1.54, 1.807) is 32.3 Å². The highest BCUT2D eigenvalue weighted by Crippen LogP contribution is 2.36. The number of nitrogens with one attached hydrogen (secondary N) is 2. The predicted molar refractivity (Wildman–Crippen MR) is 118 cm³/mol. The maximum atomic E-state index is 12.7. The molecule has 152 valence electrons. The van der Waals surface area contributed by atoms with Crippen molar-refractivity contribution in [1.82, 2.24) is 9.80 Å². The first kappa shape index (κ1) is 20.6. The van der Waals surface area contributed by atoms with Crippen LogP contribution in [0.15, 0.2) is 48.2 Å². The van der Waals surface area contributed by atoms with Gasteiger partial charge in [0.1, 0.15) is 0 Å². The molecule has 0 fully saturated rings. The van der Waals surface area contributed by atoms with Gasteiger partial charge >= 0.3 is 0 Å². The molecule has 3 rings (SSSR count). The number of hydrogen-bond acceptors (Lipinski definition) is 4. The van der Waals surface area contributed by atoms with Crippen molar-refractivity contribution in [3.05, 3.63) is 64.9 Å². The summed E-state index contributed by atoms with van der Waals surface area (Å²) < 4.78 is 0. The molecule has 0 unspecified atom stereocenters. The topological polar surface area (TPSA) is 64.7 Å². The first-order chi connectivity index (χ1) is 13.8. The van der Waals surface area contributed by atoms with Crippen LogP contribution in [0.3, 0.4) is 0 Å². The Morgan fingerprint density at radius 3 is 2.31 bits per heavy atom. The van der Waals surface area contributed by atoms with E-state index in [2.05, 4.69) is 27.7 Å². The lowest BCUT2D eigenvalue weighted by molar-refractivity contribution is -0.110. The average molecular weight is 393 g/mol. The molecule has 2 aromatic rings. The molecule has 2 amide bonds. The summed E-state index contributed by atoms with van der Waals surface area (Å²) in [5, 5.41) is 6.31. The first-order valence-electron chi connectivity index (χ1n) is 9.71. The highest BCUT2D eigenvalue weighted by Gasteiger charge is 2.28. The second kappa shape index (κ2) is 8.49. The molecule has 0 spiro atoms. The van der Waals surface area contributed by atoms with Crippen LogP contribution in [0, 0.1) is 0 Å². The highest BCUT2D eigenvalue weighted by atomic mass is 16.2. The third-order valence-corrected chi connectivity index (χ3v) is 4.82. The van der Waals surface area contributed by atoms with Gasteiger partial charge in [0.25, 0.3) is 11.8 Å². The van der Waals surface area contributed by atoms with E-state index in [0.717, 1.165) is 29.2 Å². The van der Waals surface area contributed by atoms with Crippen molar-refractivity contribution in [2.45, 2.75) is 19.9 Å². The van der Waals surface area contributed by atoms with Crippen molar-refractivity contribution in [3.8, 4) is 0 Å². The molecular weight excluding hydrogens is 364 g/mol. The summed E-state index contributed by atoms with van der Waals surface area (Å²) in [6.45, 7) is 2.89. The minimum absolute atomic E-state index is 0.0889. The van der Waals surface area contributed by atoms with Gasteiger partial charge in [0.05, 0.1) is 5.57 Å². The minimum atomic E-state index is -0.150. The Bertz CT molecular complexity index is 959. The van der Waals surface area contributed by atoms with Crippen LogP contribution in [0.1, 0.15) is 34.8 Å². The molecular formula is C23H28N4O2. The highest BCUT2D eigenvalue weighted by molar-refractivity contribution is 6.32. The molecule has 0 radical (unpaired) electrons. The molecule has 2 N–H and O–H groups in total. The summed E-state index contributed by atoms with van der Waals surface area (Å²) in [5.74, 6) is -0.239. The summed E-state index contributed by atoms with van der Waals surface area (Å²) >= 11 is 0. The summed E-state index contributed by atoms with van der Waals surface area (Å²) in [5.41, 5.74) is 5.63. The van der Waals surface area contributed by atoms with Gasteiger partial charge in [-0.3, -0.25) is 9.59 Å². The fourth-order valence-corrected chi connectivity index (χ4v) is 3.42. The zero-order valence-electron chi connectivity index (χ0n) is 17.7. The molecule has 0 bridgehead atoms. The Kier molecular flexibility index (Phi) is 6.03. The van der Waals surface area contributed by atoms with Crippen LogP contribution in [0.4, 0.5) is 11.4 Å². The molecule has 2 aromatic carbocycles. The summed E-state index contributed by atoms with van der Waals surface area (Å²) in [4.78, 5) is 28.7. The Morgan fingerprint density at radius 1 is 1.03 bits per heavy atom. The number of rotatable bonds is 6. The van der Waals surface area contributed by atoms with E-state index >= 15 is 0 Å². The fourth-order valence-electron chi connectivity index (χ4n) is 3.42. The van der Waals surface area contributed by atoms with Gasteiger partial charge in [0.15, 0.2) is 0 Å². The van der Waals surface area contributed by atoms with Crippen LogP contribution in [-0.2, 0) is 11.3 Å². The SMILES string of the molecule is CC/C(Nc1ccc(CN(C)C)cc1)=C1/C(=O)Nc2ccc(C(=O)N(C)C)cc21. The Hall–Kier alpha value is -3.12. The van der Waals surface area contributed by atoms with Gasteiger partial charge in [-0.15, -0.1) is 0 Å². The average Bonchev–Trinajstić information content (AvgIpc) is 3.01. The van der Waals surface area contributed by atoms with Gasteiger partial charge in [0.2, 0.25) is 0 Å². The lowest BCUT2D eigenvalue weighted by atomic mass is 10.0. The van der Waals surface area contributed by atoms with E-state index in [4.69, 9.17) is 0 Å². The number of nitrogens with zero attached hydrogens (tertiary/aromatic N) is 2. The van der Waals surface area contributed by atoms with E-state index in [1.807, 2.05) is 33.2 Å². The van der Waals surface area contributed by atoms with E-state index in [9.17, 15) is 9.59 Å². The van der Waals surface area contributed by atoms with Crippen LogP contribution < -0.4 is 10.6 Å². The number of hydrogen-bond donors (Lipinski definition) is 2. The third kappa shape index (κ3) is 4.49. The van der Waals surface area contributed by atoms with E-state index in [-0.39, 0.29) is 11.8 Å². The maximum Gasteiger partial charge on any atom is 0.258 e. The van der Waals surface area contributed by atoms with Crippen LogP contribution in [0.25, 0.3) is 5.57 Å². The van der Waals surface area contributed by atoms with Crippen molar-refractivity contribution in [2.75, 3.05) is 38.8 Å². The minimum Gasteiger partial charge on any atom is -0.358 e. The van der Waals surface area contributed by atoms with Gasteiger partial charge in [-0.05, 0) is 56.4 Å². The number of allylic oxidation sites excluding steroid dienone is 1. The van der Waals surface area contributed by atoms with Gasteiger partial charge in [-0.25, -0.2) is 0 Å². The van der Waals surface area contributed by atoms with Crippen molar-refractivity contribution in [2.24, 2.45) is 0 Å². The second-order valence-electron chi connectivity index (χ2n) is 7.68. The monoisotopic (exact) mass is 392 g/mol. The Morgan fingerprint density at radius 2 is 1.72 bits per heavy atom. The molecule has 6 heteroatoms. The van der Waals surface area contributed by atoms with E-state index in [0.29, 0.717) is 17.6 Å². The largest absolute Gasteiger partial charge is 0.358 e. The van der Waals surface area contributed by atoms with Crippen LogP contribution in [-0.4, -0.2) is 49.8 Å². The van der Waals surface area contributed by atoms with Crippen LogP contribution in [0.5, 0.6) is 0 Å². The lowest BCUT2D eigenvalue weighted by Gasteiger charge is -2.15.